The second-order valence-corrected chi connectivity index (χ2v) is 8.46. The molecular weight excluding hydrogens is 401 g/mol. The zero-order valence-corrected chi connectivity index (χ0v) is 18.3. The highest BCUT2D eigenvalue weighted by atomic mass is 31.2. The second kappa shape index (κ2) is 10.8. The van der Waals surface area contributed by atoms with Gasteiger partial charge >= 0.3 is 14.1 Å². The van der Waals surface area contributed by atoms with E-state index in [0.717, 1.165) is 35.2 Å². The van der Waals surface area contributed by atoms with Gasteiger partial charge in [0.05, 0.1) is 26.8 Å². The van der Waals surface area contributed by atoms with Crippen molar-refractivity contribution in [1.29, 1.82) is 0 Å². The molecule has 0 aliphatic carbocycles. The summed E-state index contributed by atoms with van der Waals surface area (Å²) in [6.07, 6.45) is 2.82. The van der Waals surface area contributed by atoms with Gasteiger partial charge in [-0.1, -0.05) is 0 Å². The predicted molar refractivity (Wildman–Crippen MR) is 109 cm³/mol. The Morgan fingerprint density at radius 3 is 2.66 bits per heavy atom. The Labute approximate surface area is 170 Å². The summed E-state index contributed by atoms with van der Waals surface area (Å²) in [4.78, 5) is 32.7. The number of carbonyl (C=O) groups is 1. The van der Waals surface area contributed by atoms with Gasteiger partial charge in [-0.2, -0.15) is 14.3 Å². The van der Waals surface area contributed by atoms with Crippen LogP contribution in [0.15, 0.2) is 24.4 Å². The smallest absolute Gasteiger partial charge is 0.497 e. The highest BCUT2D eigenvalue weighted by Crippen LogP contribution is 2.52. The van der Waals surface area contributed by atoms with E-state index in [0.29, 0.717) is 0 Å². The molecule has 1 atom stereocenters. The number of fused-ring (bicyclic) bond motifs is 1. The Morgan fingerprint density at radius 1 is 1.28 bits per heavy atom. The number of likely N-dealkylation sites (N-methyl/N-ethyl adjacent to an activating group) is 1. The molecule has 1 heterocycles. The normalized spacial score (nSPS) is 13.6. The van der Waals surface area contributed by atoms with Crippen LogP contribution in [0.1, 0.15) is 5.56 Å². The molecule has 0 radical (unpaired) electrons. The molecule has 0 saturated heterocycles. The number of carbonyl (C=O) groups excluding carboxylic acids is 1. The molecular formula is C18H29N3O7P+. The van der Waals surface area contributed by atoms with Gasteiger partial charge in [0.1, 0.15) is 12.3 Å². The number of aromatic nitrogens is 1. The molecule has 2 rings (SSSR count). The second-order valence-electron chi connectivity index (χ2n) is 6.48. The van der Waals surface area contributed by atoms with Crippen LogP contribution in [-0.4, -0.2) is 68.8 Å². The van der Waals surface area contributed by atoms with Crippen LogP contribution in [0.3, 0.4) is 0 Å². The Balaban J connectivity index is 2.18. The number of ether oxygens (including phenoxy) is 1. The highest BCUT2D eigenvalue weighted by Gasteiger charge is 2.41. The van der Waals surface area contributed by atoms with Crippen LogP contribution in [0.25, 0.3) is 10.9 Å². The van der Waals surface area contributed by atoms with E-state index in [2.05, 4.69) is 19.8 Å². The van der Waals surface area contributed by atoms with Crippen LogP contribution in [0.4, 0.5) is 0 Å². The number of hydrogen-bond acceptors (Lipinski definition) is 9. The maximum absolute atomic E-state index is 11.4. The molecule has 1 unspecified atom stereocenters. The maximum atomic E-state index is 11.4. The fraction of sp³-hybridized carbons (Fsp3) is 0.500. The van der Waals surface area contributed by atoms with Gasteiger partial charge in [0, 0.05) is 18.1 Å². The first kappa shape index (κ1) is 23.5. The van der Waals surface area contributed by atoms with Crippen molar-refractivity contribution in [2.75, 3.05) is 48.5 Å². The quantitative estimate of drug-likeness (QED) is 0.296. The van der Waals surface area contributed by atoms with Gasteiger partial charge in [-0.15, -0.1) is 9.61 Å². The van der Waals surface area contributed by atoms with E-state index in [1.54, 1.807) is 7.11 Å². The van der Waals surface area contributed by atoms with Gasteiger partial charge in [-0.3, -0.25) is 4.89 Å². The van der Waals surface area contributed by atoms with Crippen LogP contribution < -0.4 is 9.82 Å². The van der Waals surface area contributed by atoms with Crippen LogP contribution in [0.5, 0.6) is 5.75 Å². The number of nitrogens with one attached hydrogen (secondary N) is 1. The van der Waals surface area contributed by atoms with Crippen LogP contribution in [0, 0.1) is 0 Å². The van der Waals surface area contributed by atoms with Gasteiger partial charge in [0.2, 0.25) is 0 Å². The van der Waals surface area contributed by atoms with Crippen molar-refractivity contribution in [2.24, 2.45) is 0 Å². The van der Waals surface area contributed by atoms with Gasteiger partial charge in [-0.05, 0) is 44.3 Å². The van der Waals surface area contributed by atoms with Gasteiger partial charge in [0.25, 0.3) is 0 Å². The molecule has 0 amide bonds. The molecule has 29 heavy (non-hydrogen) atoms. The minimum Gasteiger partial charge on any atom is -0.497 e. The molecule has 2 aromatic rings. The summed E-state index contributed by atoms with van der Waals surface area (Å²) in [5.74, 6) is 0.0533. The number of nitrogens with zero attached hydrogens (tertiary/aromatic N) is 2. The molecule has 0 saturated carbocycles. The third-order valence-corrected chi connectivity index (χ3v) is 5.74. The molecule has 0 bridgehead atoms. The molecule has 0 aliphatic heterocycles. The van der Waals surface area contributed by atoms with E-state index in [9.17, 15) is 9.69 Å². The number of methoxy groups -OCH3 is 1. The molecule has 0 spiro atoms. The van der Waals surface area contributed by atoms with Gasteiger partial charge in [0.15, 0.2) is 6.73 Å². The van der Waals surface area contributed by atoms with Crippen molar-refractivity contribution < 1.29 is 33.2 Å². The standard InChI is InChI=1S/C18H29N3O7P/c1-20(2)9-8-14-12-21(17-7-6-15(24-3)10-16(14)17)13-27-29(23,26-5)19-11-18(22)28-25-4/h6-7,10,12,19,23H,8-9,11,13H2,1-5H3/q+1. The number of benzene rings is 1. The minimum absolute atomic E-state index is 0.0231. The summed E-state index contributed by atoms with van der Waals surface area (Å²) in [5.41, 5.74) is 2.06. The summed E-state index contributed by atoms with van der Waals surface area (Å²) in [7, 11) is 4.71. The Kier molecular flexibility index (Phi) is 8.79. The average molecular weight is 430 g/mol. The lowest BCUT2D eigenvalue weighted by Crippen LogP contribution is -2.27. The number of rotatable bonds is 12. The fourth-order valence-electron chi connectivity index (χ4n) is 2.72. The lowest BCUT2D eigenvalue weighted by atomic mass is 10.1. The van der Waals surface area contributed by atoms with Gasteiger partial charge in [-0.25, -0.2) is 4.79 Å². The Hall–Kier alpha value is -1.78. The molecule has 11 heteroatoms. The molecule has 1 aromatic carbocycles. The SMILES string of the molecule is COOC(=O)CN[P+](O)(OC)OCn1cc(CCN(C)C)c2cc(OC)ccc21. The molecule has 10 nitrogen and oxygen atoms in total. The minimum atomic E-state index is -3.47. The van der Waals surface area contributed by atoms with E-state index in [-0.39, 0.29) is 13.3 Å². The molecule has 2 N–H and O–H groups in total. The first-order valence-corrected chi connectivity index (χ1v) is 10.5. The van der Waals surface area contributed by atoms with E-state index in [4.69, 9.17) is 13.8 Å². The predicted octanol–water partition coefficient (Wildman–Crippen LogP) is 1.74. The fourth-order valence-corrected chi connectivity index (χ4v) is 3.65. The third-order valence-electron chi connectivity index (χ3n) is 4.22. The first-order chi connectivity index (χ1) is 13.8. The van der Waals surface area contributed by atoms with Gasteiger partial charge < -0.3 is 14.2 Å². The van der Waals surface area contributed by atoms with Crippen molar-refractivity contribution in [1.82, 2.24) is 14.6 Å². The third kappa shape index (κ3) is 6.61. The summed E-state index contributed by atoms with van der Waals surface area (Å²) >= 11 is 0. The van der Waals surface area contributed by atoms with E-state index in [1.165, 1.54) is 14.2 Å². The zero-order chi connectivity index (χ0) is 21.4. The Bertz CT molecular complexity index is 814. The lowest BCUT2D eigenvalue weighted by Gasteiger charge is -2.15. The summed E-state index contributed by atoms with van der Waals surface area (Å²) in [6.45, 7) is 0.578. The molecule has 0 aliphatic rings. The molecule has 1 aromatic heterocycles. The van der Waals surface area contributed by atoms with Crippen LogP contribution >= 0.6 is 8.09 Å². The lowest BCUT2D eigenvalue weighted by molar-refractivity contribution is -0.253. The van der Waals surface area contributed by atoms with E-state index in [1.807, 2.05) is 43.1 Å². The van der Waals surface area contributed by atoms with E-state index < -0.39 is 14.1 Å². The van der Waals surface area contributed by atoms with Crippen molar-refractivity contribution in [3.8, 4) is 5.75 Å². The number of hydrogen-bond donors (Lipinski definition) is 2. The van der Waals surface area contributed by atoms with Crippen LogP contribution in [0.2, 0.25) is 0 Å². The highest BCUT2D eigenvalue weighted by molar-refractivity contribution is 7.58. The van der Waals surface area contributed by atoms with Crippen molar-refractivity contribution in [2.45, 2.75) is 13.2 Å². The average Bonchev–Trinajstić information content (AvgIpc) is 3.06. The summed E-state index contributed by atoms with van der Waals surface area (Å²) in [5, 5.41) is 3.59. The first-order valence-electron chi connectivity index (χ1n) is 8.93. The maximum Gasteiger partial charge on any atom is 0.501 e. The summed E-state index contributed by atoms with van der Waals surface area (Å²) < 4.78 is 17.9. The Morgan fingerprint density at radius 2 is 2.03 bits per heavy atom. The summed E-state index contributed by atoms with van der Waals surface area (Å²) in [6, 6.07) is 5.78. The molecule has 162 valence electrons. The van der Waals surface area contributed by atoms with Crippen molar-refractivity contribution in [3.05, 3.63) is 30.0 Å². The zero-order valence-electron chi connectivity index (χ0n) is 17.4. The van der Waals surface area contributed by atoms with Crippen molar-refractivity contribution in [3.63, 3.8) is 0 Å². The van der Waals surface area contributed by atoms with Crippen molar-refractivity contribution >= 4 is 25.0 Å². The molecule has 0 fully saturated rings. The monoisotopic (exact) mass is 430 g/mol. The largest absolute Gasteiger partial charge is 0.501 e. The van der Waals surface area contributed by atoms with E-state index >= 15 is 0 Å². The topological polar surface area (TPSA) is 104 Å². The van der Waals surface area contributed by atoms with Crippen LogP contribution in [-0.2, 0) is 36.8 Å².